The van der Waals surface area contributed by atoms with Crippen LogP contribution >= 0.6 is 18.2 Å². The number of hydrazone groups is 1. The lowest BCUT2D eigenvalue weighted by Gasteiger charge is -2.17. The third-order valence-electron chi connectivity index (χ3n) is 4.58. The fraction of sp³-hybridized carbons (Fsp3) is 0.440. The molecule has 0 aliphatic carbocycles. The second-order valence-corrected chi connectivity index (χ2v) is 11.6. The molecule has 0 spiro atoms. The summed E-state index contributed by atoms with van der Waals surface area (Å²) in [6, 6.07) is 14.0. The summed E-state index contributed by atoms with van der Waals surface area (Å²) >= 11 is 1.19. The Morgan fingerprint density at radius 1 is 1.03 bits per heavy atom. The van der Waals surface area contributed by atoms with E-state index < -0.39 is 6.80 Å². The molecule has 0 aliphatic rings. The van der Waals surface area contributed by atoms with E-state index in [9.17, 15) is 9.36 Å². The maximum absolute atomic E-state index is 12.9. The Bertz CT molecular complexity index is 953. The van der Waals surface area contributed by atoms with Crippen LogP contribution in [0.3, 0.4) is 0 Å². The van der Waals surface area contributed by atoms with Crippen molar-refractivity contribution in [3.63, 3.8) is 0 Å². The van der Waals surface area contributed by atoms with Crippen LogP contribution < -0.4 is 14.7 Å². The maximum Gasteiger partial charge on any atom is 0.440 e. The highest BCUT2D eigenvalue weighted by atomic mass is 32.7. The average molecular weight is 507 g/mol. The number of amides is 1. The van der Waals surface area contributed by atoms with Gasteiger partial charge in [-0.15, -0.1) is 0 Å². The lowest BCUT2D eigenvalue weighted by atomic mass is 10.2. The summed E-state index contributed by atoms with van der Waals surface area (Å²) in [5.74, 6) is 1.52. The molecular weight excluding hydrogens is 471 g/mol. The second-order valence-electron chi connectivity index (χ2n) is 7.49. The smallest absolute Gasteiger partial charge is 0.440 e. The summed E-state index contributed by atoms with van der Waals surface area (Å²) in [5.41, 5.74) is 3.69. The van der Waals surface area contributed by atoms with Gasteiger partial charge in [0.2, 0.25) is 0 Å². The van der Waals surface area contributed by atoms with Gasteiger partial charge in [-0.2, -0.15) is 5.10 Å². The van der Waals surface area contributed by atoms with Crippen LogP contribution in [0.15, 0.2) is 53.6 Å². The molecule has 0 saturated heterocycles. The molecule has 0 saturated carbocycles. The molecule has 186 valence electrons. The molecule has 1 N–H and O–H groups in total. The molecular formula is C25H35N2O5PS. The average Bonchev–Trinajstić information content (AvgIpc) is 2.83. The molecule has 0 aromatic heterocycles. The number of nitrogens with one attached hydrogen (secondary N) is 1. The second kappa shape index (κ2) is 15.6. The SMILES string of the molecule is CCCCCCOc1ccc(C(=O)NN=Cc2cccc(OP(=O)(OCC)SCCC)c2)cc1. The lowest BCUT2D eigenvalue weighted by Crippen LogP contribution is -2.17. The van der Waals surface area contributed by atoms with E-state index in [2.05, 4.69) is 17.5 Å². The number of unbranched alkanes of at least 4 members (excludes halogenated alkanes) is 3. The third-order valence-corrected chi connectivity index (χ3v) is 8.53. The number of ether oxygens (including phenoxy) is 1. The van der Waals surface area contributed by atoms with Crippen molar-refractivity contribution in [2.45, 2.75) is 52.9 Å². The number of nitrogens with zero attached hydrogens (tertiary/aromatic N) is 1. The molecule has 2 aromatic rings. The molecule has 1 unspecified atom stereocenters. The molecule has 34 heavy (non-hydrogen) atoms. The summed E-state index contributed by atoms with van der Waals surface area (Å²) in [5, 5.41) is 4.03. The van der Waals surface area contributed by atoms with Crippen LogP contribution in [0.4, 0.5) is 0 Å². The van der Waals surface area contributed by atoms with Crippen molar-refractivity contribution in [1.29, 1.82) is 0 Å². The van der Waals surface area contributed by atoms with Gasteiger partial charge in [0.05, 0.1) is 19.4 Å². The molecule has 0 radical (unpaired) electrons. The van der Waals surface area contributed by atoms with Gasteiger partial charge in [-0.1, -0.05) is 45.2 Å². The Balaban J connectivity index is 1.89. The molecule has 2 aromatic carbocycles. The van der Waals surface area contributed by atoms with Gasteiger partial charge in [0.25, 0.3) is 5.91 Å². The number of rotatable bonds is 16. The van der Waals surface area contributed by atoms with Crippen LogP contribution in [-0.4, -0.2) is 31.1 Å². The van der Waals surface area contributed by atoms with Gasteiger partial charge in [-0.3, -0.25) is 9.32 Å². The Morgan fingerprint density at radius 2 is 1.82 bits per heavy atom. The first-order chi connectivity index (χ1) is 16.5. The molecule has 7 nitrogen and oxygen atoms in total. The largest absolute Gasteiger partial charge is 0.494 e. The Hall–Kier alpha value is -2.28. The zero-order valence-corrected chi connectivity index (χ0v) is 21.9. The van der Waals surface area contributed by atoms with Crippen molar-refractivity contribution in [1.82, 2.24) is 5.43 Å². The van der Waals surface area contributed by atoms with Crippen LogP contribution in [0.2, 0.25) is 0 Å². The normalized spacial score (nSPS) is 12.9. The van der Waals surface area contributed by atoms with Gasteiger partial charge in [0, 0.05) is 11.3 Å². The molecule has 9 heteroatoms. The lowest BCUT2D eigenvalue weighted by molar-refractivity contribution is 0.0955. The monoisotopic (exact) mass is 506 g/mol. The van der Waals surface area contributed by atoms with Crippen molar-refractivity contribution >= 4 is 30.3 Å². The highest BCUT2D eigenvalue weighted by Gasteiger charge is 2.26. The Morgan fingerprint density at radius 3 is 2.53 bits per heavy atom. The predicted molar refractivity (Wildman–Crippen MR) is 140 cm³/mol. The molecule has 1 amide bonds. The van der Waals surface area contributed by atoms with Crippen molar-refractivity contribution < 1.29 is 23.1 Å². The van der Waals surface area contributed by atoms with E-state index in [1.54, 1.807) is 55.5 Å². The first-order valence-electron chi connectivity index (χ1n) is 11.7. The molecule has 0 aliphatic heterocycles. The van der Waals surface area contributed by atoms with Gasteiger partial charge in [0.1, 0.15) is 11.5 Å². The number of hydrogen-bond acceptors (Lipinski definition) is 7. The Labute approximate surface area is 206 Å². The van der Waals surface area contributed by atoms with E-state index in [1.807, 2.05) is 6.92 Å². The van der Waals surface area contributed by atoms with Gasteiger partial charge in [-0.25, -0.2) is 9.99 Å². The quantitative estimate of drug-likeness (QED) is 0.113. The molecule has 0 bridgehead atoms. The first kappa shape index (κ1) is 28.0. The molecule has 0 fully saturated rings. The number of carbonyl (C=O) groups is 1. The predicted octanol–water partition coefficient (Wildman–Crippen LogP) is 7.08. The van der Waals surface area contributed by atoms with Crippen molar-refractivity contribution in [3.8, 4) is 11.5 Å². The van der Waals surface area contributed by atoms with Crippen LogP contribution in [-0.2, 0) is 9.09 Å². The van der Waals surface area contributed by atoms with Crippen LogP contribution in [0.25, 0.3) is 0 Å². The fourth-order valence-corrected chi connectivity index (χ4v) is 6.33. The standard InChI is InChI=1S/C25H35N2O5PS/c1-4-7-8-9-17-30-23-15-13-22(14-16-23)25(28)27-26-20-21-11-10-12-24(19-21)32-33(29,31-6-3)34-18-5-2/h10-16,19-20H,4-9,17-18H2,1-3H3,(H,27,28). The van der Waals surface area contributed by atoms with E-state index in [-0.39, 0.29) is 5.91 Å². The van der Waals surface area contributed by atoms with Crippen LogP contribution in [0.5, 0.6) is 11.5 Å². The van der Waals surface area contributed by atoms with Crippen molar-refractivity contribution in [2.75, 3.05) is 19.0 Å². The number of hydrogen-bond donors (Lipinski definition) is 1. The fourth-order valence-electron chi connectivity index (χ4n) is 2.88. The first-order valence-corrected chi connectivity index (χ1v) is 14.9. The van der Waals surface area contributed by atoms with Crippen LogP contribution in [0.1, 0.15) is 68.8 Å². The van der Waals surface area contributed by atoms with E-state index in [0.29, 0.717) is 35.8 Å². The van der Waals surface area contributed by atoms with Gasteiger partial charge in [0.15, 0.2) is 0 Å². The van der Waals surface area contributed by atoms with E-state index >= 15 is 0 Å². The zero-order chi connectivity index (χ0) is 24.7. The number of benzene rings is 2. The van der Waals surface area contributed by atoms with Gasteiger partial charge < -0.3 is 9.26 Å². The van der Waals surface area contributed by atoms with Crippen molar-refractivity contribution in [2.24, 2.45) is 5.10 Å². The minimum atomic E-state index is -3.28. The van der Waals surface area contributed by atoms with E-state index in [4.69, 9.17) is 13.8 Å². The minimum Gasteiger partial charge on any atom is -0.494 e. The van der Waals surface area contributed by atoms with E-state index in [1.165, 1.54) is 30.4 Å². The summed E-state index contributed by atoms with van der Waals surface area (Å²) in [4.78, 5) is 12.4. The van der Waals surface area contributed by atoms with Gasteiger partial charge in [-0.05, 0) is 73.1 Å². The summed E-state index contributed by atoms with van der Waals surface area (Å²) < 4.78 is 29.6. The zero-order valence-electron chi connectivity index (χ0n) is 20.2. The number of carbonyl (C=O) groups excluding carboxylic acids is 1. The van der Waals surface area contributed by atoms with E-state index in [0.717, 1.165) is 25.0 Å². The maximum atomic E-state index is 12.9. The highest BCUT2D eigenvalue weighted by Crippen LogP contribution is 2.60. The summed E-state index contributed by atoms with van der Waals surface area (Å²) in [7, 11) is 0. The topological polar surface area (TPSA) is 86.2 Å². The van der Waals surface area contributed by atoms with Crippen LogP contribution in [0, 0.1) is 0 Å². The molecule has 2 rings (SSSR count). The summed E-state index contributed by atoms with van der Waals surface area (Å²) in [6.45, 7) is 3.66. The van der Waals surface area contributed by atoms with Crippen molar-refractivity contribution in [3.05, 3.63) is 59.7 Å². The van der Waals surface area contributed by atoms with Gasteiger partial charge >= 0.3 is 6.80 Å². The molecule has 0 heterocycles. The minimum absolute atomic E-state index is 0.299. The highest BCUT2D eigenvalue weighted by molar-refractivity contribution is 8.55. The molecule has 1 atom stereocenters. The summed E-state index contributed by atoms with van der Waals surface area (Å²) in [6.07, 6.45) is 6.97. The Kier molecular flexibility index (Phi) is 12.8. The third kappa shape index (κ3) is 10.3.